The normalized spacial score (nSPS) is 11.2. The fourth-order valence-corrected chi connectivity index (χ4v) is 3.84. The molecule has 0 radical (unpaired) electrons. The second-order valence-corrected chi connectivity index (χ2v) is 8.61. The predicted octanol–water partition coefficient (Wildman–Crippen LogP) is 6.40. The maximum Gasteiger partial charge on any atom is 0.490 e. The minimum Gasteiger partial charge on any atom is -0.475 e. The number of nitrogens with zero attached hydrogens (tertiary/aromatic N) is 2. The van der Waals surface area contributed by atoms with Gasteiger partial charge in [-0.3, -0.25) is 4.98 Å². The number of halogens is 4. The number of hydrogen-bond acceptors (Lipinski definition) is 4. The Labute approximate surface area is 221 Å². The van der Waals surface area contributed by atoms with Gasteiger partial charge in [0.25, 0.3) is 0 Å². The summed E-state index contributed by atoms with van der Waals surface area (Å²) < 4.78 is 45.2. The van der Waals surface area contributed by atoms with Crippen LogP contribution < -0.4 is 5.32 Å². The Morgan fingerprint density at radius 2 is 1.54 bits per heavy atom. The van der Waals surface area contributed by atoms with E-state index < -0.39 is 12.1 Å². The number of aromatic nitrogens is 3. The lowest BCUT2D eigenvalue weighted by Gasteiger charge is -2.09. The largest absolute Gasteiger partial charge is 0.490 e. The van der Waals surface area contributed by atoms with Crippen molar-refractivity contribution in [2.45, 2.75) is 19.1 Å². The summed E-state index contributed by atoms with van der Waals surface area (Å²) in [7, 11) is 0. The molecule has 39 heavy (non-hydrogen) atoms. The Hall–Kier alpha value is -4.57. The number of carbonyl (C=O) groups is 1. The maximum atomic E-state index is 13.5. The zero-order valence-corrected chi connectivity index (χ0v) is 20.5. The van der Waals surface area contributed by atoms with Gasteiger partial charge in [0, 0.05) is 24.5 Å². The molecule has 0 fully saturated rings. The van der Waals surface area contributed by atoms with Gasteiger partial charge in [0.05, 0.1) is 11.0 Å². The molecule has 5 rings (SSSR count). The van der Waals surface area contributed by atoms with E-state index in [9.17, 15) is 17.6 Å². The SMILES string of the molecule is Fc1ccc2nc(-c3cccc(-c4cccc(CNCCc5ccncc5)c4)c3)[nH]c2c1.O=C(O)C(F)(F)F. The number of hydrogen-bond donors (Lipinski definition) is 3. The molecule has 0 spiro atoms. The third kappa shape index (κ3) is 7.71. The van der Waals surface area contributed by atoms with Crippen molar-refractivity contribution >= 4 is 17.0 Å². The number of fused-ring (bicyclic) bond motifs is 1. The second kappa shape index (κ2) is 12.3. The second-order valence-electron chi connectivity index (χ2n) is 8.61. The first-order valence-electron chi connectivity index (χ1n) is 11.9. The van der Waals surface area contributed by atoms with Gasteiger partial charge in [0.2, 0.25) is 0 Å². The fourth-order valence-electron chi connectivity index (χ4n) is 3.84. The van der Waals surface area contributed by atoms with E-state index in [1.807, 2.05) is 36.7 Å². The molecule has 0 aliphatic heterocycles. The molecule has 0 unspecified atom stereocenters. The molecule has 200 valence electrons. The third-order valence-electron chi connectivity index (χ3n) is 5.75. The quantitative estimate of drug-likeness (QED) is 0.166. The Morgan fingerprint density at radius 1 is 0.872 bits per heavy atom. The van der Waals surface area contributed by atoms with E-state index in [2.05, 4.69) is 56.7 Å². The zero-order chi connectivity index (χ0) is 27.8. The zero-order valence-electron chi connectivity index (χ0n) is 20.5. The van der Waals surface area contributed by atoms with Crippen molar-refractivity contribution in [1.82, 2.24) is 20.3 Å². The van der Waals surface area contributed by atoms with Crippen molar-refractivity contribution in [2.75, 3.05) is 6.54 Å². The molecule has 5 aromatic rings. The van der Waals surface area contributed by atoms with Crippen LogP contribution in [0.25, 0.3) is 33.5 Å². The van der Waals surface area contributed by atoms with E-state index in [4.69, 9.17) is 9.90 Å². The molecular weight excluding hydrogens is 512 g/mol. The van der Waals surface area contributed by atoms with Gasteiger partial charge in [-0.15, -0.1) is 0 Å². The summed E-state index contributed by atoms with van der Waals surface area (Å²) in [6.45, 7) is 1.73. The lowest BCUT2D eigenvalue weighted by molar-refractivity contribution is -0.192. The summed E-state index contributed by atoms with van der Waals surface area (Å²) in [6.07, 6.45) is -0.446. The molecule has 0 bridgehead atoms. The first-order valence-corrected chi connectivity index (χ1v) is 11.9. The van der Waals surface area contributed by atoms with E-state index in [0.717, 1.165) is 47.5 Å². The molecule has 10 heteroatoms. The minimum atomic E-state index is -5.08. The van der Waals surface area contributed by atoms with Crippen LogP contribution in [0.5, 0.6) is 0 Å². The van der Waals surface area contributed by atoms with Gasteiger partial charge in [-0.25, -0.2) is 14.2 Å². The van der Waals surface area contributed by atoms with Gasteiger partial charge in [0.1, 0.15) is 11.6 Å². The van der Waals surface area contributed by atoms with Crippen LogP contribution in [0.4, 0.5) is 17.6 Å². The highest BCUT2D eigenvalue weighted by molar-refractivity contribution is 5.80. The van der Waals surface area contributed by atoms with Crippen molar-refractivity contribution in [3.8, 4) is 22.5 Å². The number of benzene rings is 3. The molecule has 2 aromatic heterocycles. The van der Waals surface area contributed by atoms with E-state index in [1.165, 1.54) is 23.3 Å². The highest BCUT2D eigenvalue weighted by atomic mass is 19.4. The molecule has 0 atom stereocenters. The predicted molar refractivity (Wildman–Crippen MR) is 140 cm³/mol. The van der Waals surface area contributed by atoms with Crippen LogP contribution in [0.15, 0.2) is 91.3 Å². The summed E-state index contributed by atoms with van der Waals surface area (Å²) in [5.41, 5.74) is 7.22. The summed E-state index contributed by atoms with van der Waals surface area (Å²) >= 11 is 0. The molecule has 0 saturated carbocycles. The van der Waals surface area contributed by atoms with Gasteiger partial charge in [-0.05, 0) is 77.7 Å². The van der Waals surface area contributed by atoms with Gasteiger partial charge >= 0.3 is 12.1 Å². The van der Waals surface area contributed by atoms with Crippen molar-refractivity contribution in [3.63, 3.8) is 0 Å². The number of pyridine rings is 1. The average Bonchev–Trinajstić information content (AvgIpc) is 3.35. The molecule has 0 amide bonds. The summed E-state index contributed by atoms with van der Waals surface area (Å²) in [6, 6.07) is 25.5. The Kier molecular flexibility index (Phi) is 8.67. The summed E-state index contributed by atoms with van der Waals surface area (Å²) in [4.78, 5) is 20.8. The number of aliphatic carboxylic acids is 1. The number of aromatic amines is 1. The number of H-pyrrole nitrogens is 1. The number of carboxylic acid groups (broad SMARTS) is 1. The summed E-state index contributed by atoms with van der Waals surface area (Å²) in [5, 5.41) is 10.6. The Morgan fingerprint density at radius 3 is 2.26 bits per heavy atom. The molecule has 0 saturated heterocycles. The van der Waals surface area contributed by atoms with Gasteiger partial charge in [-0.1, -0.05) is 36.4 Å². The average molecular weight is 537 g/mol. The number of rotatable bonds is 7. The maximum absolute atomic E-state index is 13.5. The van der Waals surface area contributed by atoms with E-state index in [0.29, 0.717) is 5.52 Å². The molecule has 3 N–H and O–H groups in total. The molecule has 2 heterocycles. The third-order valence-corrected chi connectivity index (χ3v) is 5.75. The highest BCUT2D eigenvalue weighted by Gasteiger charge is 2.38. The van der Waals surface area contributed by atoms with Crippen LogP contribution in [0.2, 0.25) is 0 Å². The van der Waals surface area contributed by atoms with Crippen molar-refractivity contribution in [2.24, 2.45) is 0 Å². The molecule has 0 aliphatic carbocycles. The number of alkyl halides is 3. The van der Waals surface area contributed by atoms with E-state index in [1.54, 1.807) is 6.07 Å². The monoisotopic (exact) mass is 536 g/mol. The van der Waals surface area contributed by atoms with Crippen LogP contribution in [0.1, 0.15) is 11.1 Å². The van der Waals surface area contributed by atoms with Crippen molar-refractivity contribution < 1.29 is 27.5 Å². The Balaban J connectivity index is 0.000000448. The first kappa shape index (κ1) is 27.5. The molecule has 0 aliphatic rings. The van der Waals surface area contributed by atoms with Crippen LogP contribution >= 0.6 is 0 Å². The molecule has 3 aromatic carbocycles. The van der Waals surface area contributed by atoms with Crippen LogP contribution in [0.3, 0.4) is 0 Å². The Bertz CT molecular complexity index is 1550. The van der Waals surface area contributed by atoms with E-state index in [-0.39, 0.29) is 5.82 Å². The van der Waals surface area contributed by atoms with Crippen molar-refractivity contribution in [1.29, 1.82) is 0 Å². The highest BCUT2D eigenvalue weighted by Crippen LogP contribution is 2.27. The van der Waals surface area contributed by atoms with Crippen LogP contribution in [0, 0.1) is 5.82 Å². The van der Waals surface area contributed by atoms with Gasteiger partial charge < -0.3 is 15.4 Å². The summed E-state index contributed by atoms with van der Waals surface area (Å²) in [5.74, 6) is -2.29. The topological polar surface area (TPSA) is 90.9 Å². The number of nitrogens with one attached hydrogen (secondary N) is 2. The van der Waals surface area contributed by atoms with Gasteiger partial charge in [-0.2, -0.15) is 13.2 Å². The lowest BCUT2D eigenvalue weighted by Crippen LogP contribution is -2.21. The standard InChI is InChI=1S/C27H23FN4.C2HF3O2/c28-24-7-8-25-26(17-24)32-27(31-25)23-6-2-5-22(16-23)21-4-1-3-20(15-21)18-30-14-11-19-9-12-29-13-10-19;3-2(4,5)1(6)7/h1-10,12-13,15-17,30H,11,14,18H2,(H,31,32);(H,6,7). The smallest absolute Gasteiger partial charge is 0.475 e. The molecular formula is C29H24F4N4O2. The lowest BCUT2D eigenvalue weighted by atomic mass is 10.0. The van der Waals surface area contributed by atoms with E-state index >= 15 is 0 Å². The number of imidazole rings is 1. The number of carboxylic acids is 1. The van der Waals surface area contributed by atoms with Gasteiger partial charge in [0.15, 0.2) is 0 Å². The van der Waals surface area contributed by atoms with Crippen LogP contribution in [-0.4, -0.2) is 38.7 Å². The fraction of sp³-hybridized carbons (Fsp3) is 0.138. The van der Waals surface area contributed by atoms with Crippen LogP contribution in [-0.2, 0) is 17.8 Å². The first-order chi connectivity index (χ1) is 18.7. The van der Waals surface area contributed by atoms with Crippen molar-refractivity contribution in [3.05, 3.63) is 108 Å². The molecule has 6 nitrogen and oxygen atoms in total. The minimum absolute atomic E-state index is 0.271.